The maximum absolute atomic E-state index is 11.4. The van der Waals surface area contributed by atoms with Gasteiger partial charge in [0.1, 0.15) is 17.2 Å². The summed E-state index contributed by atoms with van der Waals surface area (Å²) < 4.78 is 5.10. The van der Waals surface area contributed by atoms with E-state index in [1.165, 1.54) is 0 Å². The third-order valence-corrected chi connectivity index (χ3v) is 4.58. The molecule has 0 aromatic carbocycles. The zero-order chi connectivity index (χ0) is 26.4. The second kappa shape index (κ2) is 21.6. The Hall–Kier alpha value is -1.93. The predicted octanol–water partition coefficient (Wildman–Crippen LogP) is 4.94. The van der Waals surface area contributed by atoms with Gasteiger partial charge in [0.05, 0.1) is 0 Å². The molecule has 0 aliphatic carbocycles. The molecule has 0 aliphatic heterocycles. The minimum Gasteiger partial charge on any atom is -0.442 e. The third kappa shape index (κ3) is 30.1. The molecular weight excluding hydrogens is 432 g/mol. The van der Waals surface area contributed by atoms with Gasteiger partial charge in [-0.1, -0.05) is 12.8 Å². The average Bonchev–Trinajstić information content (AvgIpc) is 2.70. The van der Waals surface area contributed by atoms with Gasteiger partial charge in [-0.15, -0.1) is 0 Å². The van der Waals surface area contributed by atoms with E-state index in [0.717, 1.165) is 70.3 Å². The summed E-state index contributed by atoms with van der Waals surface area (Å²) in [5.41, 5.74) is 1.34. The first-order valence-electron chi connectivity index (χ1n) is 12.5. The van der Waals surface area contributed by atoms with Crippen molar-refractivity contribution in [3.63, 3.8) is 0 Å². The molecule has 8 heteroatoms. The number of hydrogen-bond acceptors (Lipinski definition) is 7. The molecule has 0 unspecified atom stereocenters. The van der Waals surface area contributed by atoms with Gasteiger partial charge in [-0.2, -0.15) is 4.99 Å². The first-order chi connectivity index (χ1) is 15.9. The van der Waals surface area contributed by atoms with Gasteiger partial charge in [0.2, 0.25) is 0 Å². The van der Waals surface area contributed by atoms with Crippen LogP contribution in [0.1, 0.15) is 99.8 Å². The van der Waals surface area contributed by atoms with Crippen molar-refractivity contribution in [2.45, 2.75) is 105 Å². The van der Waals surface area contributed by atoms with Gasteiger partial charge in [0.25, 0.3) is 0 Å². The molecular formula is C26H50N4O4. The Morgan fingerprint density at radius 3 is 1.53 bits per heavy atom. The molecule has 0 bridgehead atoms. The van der Waals surface area contributed by atoms with Crippen LogP contribution in [0.25, 0.3) is 0 Å². The zero-order valence-corrected chi connectivity index (χ0v) is 23.0. The molecule has 0 atom stereocenters. The molecule has 0 saturated carbocycles. The van der Waals surface area contributed by atoms with E-state index in [9.17, 15) is 14.4 Å². The largest absolute Gasteiger partial charge is 0.442 e. The van der Waals surface area contributed by atoms with E-state index < -0.39 is 11.7 Å². The summed E-state index contributed by atoms with van der Waals surface area (Å²) in [7, 11) is 1.81. The van der Waals surface area contributed by atoms with Crippen molar-refractivity contribution in [3.8, 4) is 0 Å². The van der Waals surface area contributed by atoms with Gasteiger partial charge < -0.3 is 25.0 Å². The van der Waals surface area contributed by atoms with Crippen LogP contribution in [0.4, 0.5) is 4.79 Å². The number of unbranched alkanes of at least 4 members (excludes halogenated alkanes) is 4. The van der Waals surface area contributed by atoms with E-state index in [2.05, 4.69) is 20.6 Å². The summed E-state index contributed by atoms with van der Waals surface area (Å²) in [6.07, 6.45) is 7.16. The van der Waals surface area contributed by atoms with Gasteiger partial charge in [0, 0.05) is 44.4 Å². The third-order valence-electron chi connectivity index (χ3n) is 4.58. The van der Waals surface area contributed by atoms with Crippen molar-refractivity contribution >= 4 is 29.1 Å². The fourth-order valence-corrected chi connectivity index (χ4v) is 2.70. The van der Waals surface area contributed by atoms with Crippen molar-refractivity contribution < 1.29 is 19.1 Å². The molecule has 0 spiro atoms. The Labute approximate surface area is 207 Å². The summed E-state index contributed by atoms with van der Waals surface area (Å²) in [5, 5.41) is 6.53. The first-order valence-corrected chi connectivity index (χ1v) is 12.5. The highest BCUT2D eigenvalue weighted by Crippen LogP contribution is 2.08. The number of ketones is 2. The Bertz CT molecular complexity index is 637. The quantitative estimate of drug-likeness (QED) is 0.238. The number of Topliss-reactive ketones (excluding diaryl/α,β-unsaturated/α-hetero) is 2. The van der Waals surface area contributed by atoms with Crippen molar-refractivity contribution in [1.82, 2.24) is 10.6 Å². The second-order valence-corrected chi connectivity index (χ2v) is 9.67. The number of carbonyl (C=O) groups excluding carboxylic acids is 3. The van der Waals surface area contributed by atoms with E-state index in [4.69, 9.17) is 4.74 Å². The lowest BCUT2D eigenvalue weighted by molar-refractivity contribution is -0.117. The van der Waals surface area contributed by atoms with E-state index in [1.54, 1.807) is 20.8 Å². The molecule has 0 rings (SSSR count). The van der Waals surface area contributed by atoms with Crippen molar-refractivity contribution in [2.75, 3.05) is 33.2 Å². The molecule has 0 aromatic heterocycles. The highest BCUT2D eigenvalue weighted by molar-refractivity contribution is 5.93. The van der Waals surface area contributed by atoms with E-state index in [1.807, 2.05) is 34.7 Å². The second-order valence-electron chi connectivity index (χ2n) is 9.67. The molecule has 0 aromatic rings. The smallest absolute Gasteiger partial charge is 0.434 e. The summed E-state index contributed by atoms with van der Waals surface area (Å²) >= 11 is 0. The standard InChI is InChI=1S/C15H28N2O3.C11H22N2O/c1-12(17-14(19)20-15(3,4)5)11-16-10-8-6-7-9-13(2)18;1-10(12-3)9-13-8-6-4-5-7-11(2)14/h16H,6-11H2,1-5H3;13H,4-9H2,1-3H3. The lowest BCUT2D eigenvalue weighted by atomic mass is 10.1. The van der Waals surface area contributed by atoms with Gasteiger partial charge in [0.15, 0.2) is 0 Å². The van der Waals surface area contributed by atoms with Crippen LogP contribution in [-0.4, -0.2) is 67.9 Å². The number of nitrogens with zero attached hydrogens (tertiary/aromatic N) is 2. The fourth-order valence-electron chi connectivity index (χ4n) is 2.70. The zero-order valence-electron chi connectivity index (χ0n) is 23.0. The van der Waals surface area contributed by atoms with Gasteiger partial charge in [-0.05, 0) is 87.2 Å². The number of ether oxygens (including phenoxy) is 1. The molecule has 1 amide bonds. The number of amides is 1. The molecule has 0 fully saturated rings. The Balaban J connectivity index is 0. The fraction of sp³-hybridized carbons (Fsp3) is 0.808. The van der Waals surface area contributed by atoms with Crippen LogP contribution >= 0.6 is 0 Å². The summed E-state index contributed by atoms with van der Waals surface area (Å²) in [6, 6.07) is 0. The van der Waals surface area contributed by atoms with E-state index in [0.29, 0.717) is 24.5 Å². The van der Waals surface area contributed by atoms with Crippen LogP contribution < -0.4 is 10.6 Å². The minimum absolute atomic E-state index is 0.248. The number of nitrogens with one attached hydrogen (secondary N) is 2. The molecule has 8 nitrogen and oxygen atoms in total. The summed E-state index contributed by atoms with van der Waals surface area (Å²) in [6.45, 7) is 15.9. The van der Waals surface area contributed by atoms with Gasteiger partial charge in [-0.3, -0.25) is 4.99 Å². The van der Waals surface area contributed by atoms with Crippen LogP contribution in [0.3, 0.4) is 0 Å². The first kappa shape index (κ1) is 34.2. The van der Waals surface area contributed by atoms with E-state index >= 15 is 0 Å². The molecule has 2 N–H and O–H groups in total. The Kier molecular flexibility index (Phi) is 21.7. The van der Waals surface area contributed by atoms with Crippen molar-refractivity contribution in [2.24, 2.45) is 9.98 Å². The van der Waals surface area contributed by atoms with Gasteiger partial charge >= 0.3 is 6.09 Å². The molecule has 0 radical (unpaired) electrons. The minimum atomic E-state index is -0.543. The number of aliphatic imine (C=N–C) groups is 2. The van der Waals surface area contributed by atoms with Crippen LogP contribution in [0.2, 0.25) is 0 Å². The lowest BCUT2D eigenvalue weighted by Gasteiger charge is -2.17. The number of hydrogen-bond donors (Lipinski definition) is 2. The lowest BCUT2D eigenvalue weighted by Crippen LogP contribution is -2.25. The normalized spacial score (nSPS) is 12.1. The van der Waals surface area contributed by atoms with Crippen molar-refractivity contribution in [3.05, 3.63) is 0 Å². The molecule has 0 saturated heterocycles. The molecule has 0 aliphatic rings. The highest BCUT2D eigenvalue weighted by atomic mass is 16.6. The average molecular weight is 483 g/mol. The van der Waals surface area contributed by atoms with E-state index in [-0.39, 0.29) is 5.78 Å². The number of carbonyl (C=O) groups is 3. The molecule has 198 valence electrons. The Morgan fingerprint density at radius 1 is 0.706 bits per heavy atom. The summed E-state index contributed by atoms with van der Waals surface area (Å²) in [5.74, 6) is 0.546. The maximum atomic E-state index is 11.4. The van der Waals surface area contributed by atoms with Crippen LogP contribution in [0.5, 0.6) is 0 Å². The highest BCUT2D eigenvalue weighted by Gasteiger charge is 2.15. The van der Waals surface area contributed by atoms with Crippen LogP contribution in [0, 0.1) is 0 Å². The number of rotatable bonds is 16. The Morgan fingerprint density at radius 2 is 1.15 bits per heavy atom. The SMILES string of the molecule is CC(=O)CCCCCNCC(C)=NC(=O)OC(C)(C)C.CN=C(C)CNCCCCCC(C)=O. The maximum Gasteiger partial charge on any atom is 0.434 e. The van der Waals surface area contributed by atoms with Crippen LogP contribution in [0.15, 0.2) is 9.98 Å². The van der Waals surface area contributed by atoms with Crippen molar-refractivity contribution in [1.29, 1.82) is 0 Å². The predicted molar refractivity (Wildman–Crippen MR) is 142 cm³/mol. The monoisotopic (exact) mass is 482 g/mol. The van der Waals surface area contributed by atoms with Gasteiger partial charge in [-0.25, -0.2) is 4.79 Å². The topological polar surface area (TPSA) is 109 Å². The summed E-state index contributed by atoms with van der Waals surface area (Å²) in [4.78, 5) is 40.7. The van der Waals surface area contributed by atoms with Crippen LogP contribution in [-0.2, 0) is 14.3 Å². The molecule has 34 heavy (non-hydrogen) atoms. The molecule has 0 heterocycles.